The summed E-state index contributed by atoms with van der Waals surface area (Å²) in [5.41, 5.74) is 5.05. The number of benzene rings is 2. The summed E-state index contributed by atoms with van der Waals surface area (Å²) in [5, 5.41) is 10.0. The molecule has 2 amide bonds. The van der Waals surface area contributed by atoms with Crippen molar-refractivity contribution in [3.63, 3.8) is 0 Å². The third kappa shape index (κ3) is 3.46. The summed E-state index contributed by atoms with van der Waals surface area (Å²) >= 11 is 0. The zero-order valence-corrected chi connectivity index (χ0v) is 17.9. The van der Waals surface area contributed by atoms with Crippen molar-refractivity contribution in [3.05, 3.63) is 89.7 Å². The maximum absolute atomic E-state index is 12.9. The predicted octanol–water partition coefficient (Wildman–Crippen LogP) is 2.87. The van der Waals surface area contributed by atoms with Crippen molar-refractivity contribution in [2.75, 3.05) is 19.7 Å². The number of amides is 2. The van der Waals surface area contributed by atoms with Crippen LogP contribution in [-0.2, 0) is 4.79 Å². The second-order valence-electron chi connectivity index (χ2n) is 8.56. The molecule has 1 aromatic heterocycles. The number of aliphatic hydroxyl groups excluding tert-OH is 1. The number of aryl methyl sites for hydroxylation is 1. The molecule has 0 radical (unpaired) electrons. The lowest BCUT2D eigenvalue weighted by Gasteiger charge is -2.58. The van der Waals surface area contributed by atoms with Gasteiger partial charge in [0.15, 0.2) is 0 Å². The fourth-order valence-electron chi connectivity index (χ4n) is 5.05. The average Bonchev–Trinajstić information content (AvgIpc) is 2.81. The molecule has 0 spiro atoms. The smallest absolute Gasteiger partial charge is 0.255 e. The SMILES string of the molecule is Cc1cccc(-c2ccc([C@H]3[C@H](CO)N4C(=O)CN(C(=O)c5cccnc5)C[C@@H]34)cc2)c1. The normalized spacial score (nSPS) is 22.3. The highest BCUT2D eigenvalue weighted by molar-refractivity contribution is 5.97. The Bertz CT molecular complexity index is 1150. The highest BCUT2D eigenvalue weighted by Gasteiger charge is 2.54. The monoisotopic (exact) mass is 427 g/mol. The highest BCUT2D eigenvalue weighted by atomic mass is 16.3. The number of aromatic nitrogens is 1. The van der Waals surface area contributed by atoms with Crippen LogP contribution in [0.1, 0.15) is 27.4 Å². The highest BCUT2D eigenvalue weighted by Crippen LogP contribution is 2.43. The molecule has 2 fully saturated rings. The zero-order valence-electron chi connectivity index (χ0n) is 17.9. The van der Waals surface area contributed by atoms with E-state index in [2.05, 4.69) is 54.4 Å². The van der Waals surface area contributed by atoms with E-state index in [1.165, 1.54) is 11.8 Å². The average molecular weight is 428 g/mol. The number of aliphatic hydroxyl groups is 1. The molecule has 32 heavy (non-hydrogen) atoms. The topological polar surface area (TPSA) is 73.7 Å². The van der Waals surface area contributed by atoms with Crippen LogP contribution in [0.25, 0.3) is 11.1 Å². The molecule has 0 unspecified atom stereocenters. The Morgan fingerprint density at radius 3 is 2.59 bits per heavy atom. The molecule has 2 aliphatic rings. The number of piperazine rings is 1. The number of rotatable bonds is 4. The molecule has 3 aromatic rings. The Morgan fingerprint density at radius 1 is 1.09 bits per heavy atom. The molecule has 5 rings (SSSR count). The molecule has 2 aromatic carbocycles. The van der Waals surface area contributed by atoms with Crippen LogP contribution in [0, 0.1) is 6.92 Å². The van der Waals surface area contributed by atoms with E-state index < -0.39 is 0 Å². The van der Waals surface area contributed by atoms with Crippen molar-refractivity contribution in [2.24, 2.45) is 0 Å². The molecular formula is C26H25N3O3. The molecule has 2 saturated heterocycles. The van der Waals surface area contributed by atoms with Crippen LogP contribution in [0.4, 0.5) is 0 Å². The first kappa shape index (κ1) is 20.4. The van der Waals surface area contributed by atoms with Gasteiger partial charge in [0.25, 0.3) is 5.91 Å². The van der Waals surface area contributed by atoms with Gasteiger partial charge in [0.1, 0.15) is 6.54 Å². The van der Waals surface area contributed by atoms with E-state index in [1.807, 2.05) is 6.07 Å². The first-order chi connectivity index (χ1) is 15.6. The van der Waals surface area contributed by atoms with Crippen LogP contribution in [0.15, 0.2) is 73.1 Å². The lowest BCUT2D eigenvalue weighted by molar-refractivity contribution is -0.159. The largest absolute Gasteiger partial charge is 0.394 e. The van der Waals surface area contributed by atoms with Crippen LogP contribution in [-0.4, -0.2) is 63.5 Å². The third-order valence-electron chi connectivity index (χ3n) is 6.59. The van der Waals surface area contributed by atoms with E-state index in [0.29, 0.717) is 12.1 Å². The van der Waals surface area contributed by atoms with Crippen LogP contribution >= 0.6 is 0 Å². The molecule has 6 heteroatoms. The van der Waals surface area contributed by atoms with Gasteiger partial charge in [0, 0.05) is 24.9 Å². The molecule has 0 saturated carbocycles. The second kappa shape index (κ2) is 8.20. The standard InChI is InChI=1S/C26H25N3O3/c1-17-4-2-5-20(12-17)18-7-9-19(10-8-18)25-22-14-28(15-24(31)29(22)23(25)16-30)26(32)21-6-3-11-27-13-21/h2-13,22-23,25,30H,14-16H2,1H3/t22-,23-,25+/m0/s1. The molecule has 0 aliphatic carbocycles. The van der Waals surface area contributed by atoms with Crippen molar-refractivity contribution < 1.29 is 14.7 Å². The van der Waals surface area contributed by atoms with Crippen molar-refractivity contribution in [1.82, 2.24) is 14.8 Å². The van der Waals surface area contributed by atoms with E-state index in [1.54, 1.807) is 28.1 Å². The maximum Gasteiger partial charge on any atom is 0.255 e. The van der Waals surface area contributed by atoms with Gasteiger partial charge in [-0.1, -0.05) is 54.1 Å². The van der Waals surface area contributed by atoms with Gasteiger partial charge in [-0.15, -0.1) is 0 Å². The summed E-state index contributed by atoms with van der Waals surface area (Å²) < 4.78 is 0. The minimum Gasteiger partial charge on any atom is -0.394 e. The molecule has 6 nitrogen and oxygen atoms in total. The number of hydrogen-bond acceptors (Lipinski definition) is 4. The summed E-state index contributed by atoms with van der Waals surface area (Å²) in [4.78, 5) is 33.1. The Kier molecular flexibility index (Phi) is 5.23. The van der Waals surface area contributed by atoms with Crippen LogP contribution < -0.4 is 0 Å². The third-order valence-corrected chi connectivity index (χ3v) is 6.59. The van der Waals surface area contributed by atoms with Crippen molar-refractivity contribution in [2.45, 2.75) is 24.9 Å². The summed E-state index contributed by atoms with van der Waals surface area (Å²) in [5.74, 6) is -0.322. The minimum atomic E-state index is -0.257. The van der Waals surface area contributed by atoms with E-state index >= 15 is 0 Å². The first-order valence-electron chi connectivity index (χ1n) is 10.8. The van der Waals surface area contributed by atoms with E-state index in [0.717, 1.165) is 16.7 Å². The van der Waals surface area contributed by atoms with Gasteiger partial charge in [-0.2, -0.15) is 0 Å². The van der Waals surface area contributed by atoms with Crippen molar-refractivity contribution in [1.29, 1.82) is 0 Å². The van der Waals surface area contributed by atoms with Gasteiger partial charge in [0.05, 0.1) is 24.3 Å². The summed E-state index contributed by atoms with van der Waals surface area (Å²) in [6.07, 6.45) is 3.14. The Morgan fingerprint density at radius 2 is 1.91 bits per heavy atom. The molecule has 3 atom stereocenters. The number of carbonyl (C=O) groups is 2. The van der Waals surface area contributed by atoms with E-state index in [-0.39, 0.29) is 43.0 Å². The predicted molar refractivity (Wildman–Crippen MR) is 121 cm³/mol. The number of hydrogen-bond donors (Lipinski definition) is 1. The molecule has 0 bridgehead atoms. The lowest BCUT2D eigenvalue weighted by Crippen LogP contribution is -2.73. The zero-order chi connectivity index (χ0) is 22.2. The summed E-state index contributed by atoms with van der Waals surface area (Å²) in [6, 6.07) is 19.7. The summed E-state index contributed by atoms with van der Waals surface area (Å²) in [7, 11) is 0. The molecular weight excluding hydrogens is 402 g/mol. The fourth-order valence-corrected chi connectivity index (χ4v) is 5.05. The lowest BCUT2D eigenvalue weighted by atomic mass is 9.73. The van der Waals surface area contributed by atoms with Gasteiger partial charge in [-0.25, -0.2) is 0 Å². The quantitative estimate of drug-likeness (QED) is 0.695. The van der Waals surface area contributed by atoms with Gasteiger partial charge >= 0.3 is 0 Å². The summed E-state index contributed by atoms with van der Waals surface area (Å²) in [6.45, 7) is 2.45. The second-order valence-corrected chi connectivity index (χ2v) is 8.56. The van der Waals surface area contributed by atoms with Gasteiger partial charge in [-0.3, -0.25) is 14.6 Å². The van der Waals surface area contributed by atoms with E-state index in [4.69, 9.17) is 0 Å². The number of fused-ring (bicyclic) bond motifs is 1. The Balaban J connectivity index is 1.39. The molecule has 1 N–H and O–H groups in total. The number of nitrogens with zero attached hydrogens (tertiary/aromatic N) is 3. The van der Waals surface area contributed by atoms with Gasteiger partial charge in [0.2, 0.25) is 5.91 Å². The van der Waals surface area contributed by atoms with Crippen LogP contribution in [0.2, 0.25) is 0 Å². The van der Waals surface area contributed by atoms with Crippen molar-refractivity contribution in [3.8, 4) is 11.1 Å². The van der Waals surface area contributed by atoms with Crippen molar-refractivity contribution >= 4 is 11.8 Å². The number of pyridine rings is 1. The minimum absolute atomic E-state index is 0.0139. The molecule has 3 heterocycles. The van der Waals surface area contributed by atoms with Gasteiger partial charge in [-0.05, 0) is 35.7 Å². The Labute approximate surface area is 187 Å². The van der Waals surface area contributed by atoms with E-state index in [9.17, 15) is 14.7 Å². The fraction of sp³-hybridized carbons (Fsp3) is 0.269. The molecule has 162 valence electrons. The number of carbonyl (C=O) groups excluding carboxylic acids is 2. The van der Waals surface area contributed by atoms with Gasteiger partial charge < -0.3 is 14.9 Å². The van der Waals surface area contributed by atoms with Crippen LogP contribution in [0.5, 0.6) is 0 Å². The molecule has 2 aliphatic heterocycles. The Hall–Kier alpha value is -3.51. The van der Waals surface area contributed by atoms with Crippen LogP contribution in [0.3, 0.4) is 0 Å². The first-order valence-corrected chi connectivity index (χ1v) is 10.8. The maximum atomic E-state index is 12.9.